The Morgan fingerprint density at radius 1 is 1.10 bits per heavy atom. The average molecular weight is 448 g/mol. The second-order valence-corrected chi connectivity index (χ2v) is 9.29. The number of carbonyl (C=O) groups is 2. The highest BCUT2D eigenvalue weighted by molar-refractivity contribution is 7.89. The van der Waals surface area contributed by atoms with Gasteiger partial charge in [0.15, 0.2) is 6.61 Å². The fourth-order valence-electron chi connectivity index (χ4n) is 3.17. The zero-order valence-corrected chi connectivity index (χ0v) is 18.2. The van der Waals surface area contributed by atoms with Gasteiger partial charge < -0.3 is 20.1 Å². The van der Waals surface area contributed by atoms with Crippen molar-refractivity contribution >= 4 is 33.3 Å². The van der Waals surface area contributed by atoms with Crippen molar-refractivity contribution in [1.29, 1.82) is 0 Å². The van der Waals surface area contributed by atoms with Crippen LogP contribution in [0.1, 0.15) is 23.2 Å². The highest BCUT2D eigenvalue weighted by Gasteiger charge is 2.28. The van der Waals surface area contributed by atoms with E-state index in [0.717, 1.165) is 30.7 Å². The number of ether oxygens (including phenoxy) is 1. The largest absolute Gasteiger partial charge is 0.507 e. The molecule has 9 nitrogen and oxygen atoms in total. The Morgan fingerprint density at radius 2 is 1.74 bits per heavy atom. The maximum absolute atomic E-state index is 12.7. The van der Waals surface area contributed by atoms with E-state index in [0.29, 0.717) is 18.8 Å². The lowest BCUT2D eigenvalue weighted by Crippen LogP contribution is -2.28. The van der Waals surface area contributed by atoms with E-state index in [-0.39, 0.29) is 10.5 Å². The van der Waals surface area contributed by atoms with Crippen LogP contribution in [0.25, 0.3) is 0 Å². The molecule has 0 radical (unpaired) electrons. The molecule has 3 rings (SSSR count). The lowest BCUT2D eigenvalue weighted by Gasteiger charge is -2.16. The quantitative estimate of drug-likeness (QED) is 0.624. The molecule has 0 bridgehead atoms. The number of phenolic OH excluding ortho intramolecular Hbond substituents is 1. The van der Waals surface area contributed by atoms with Crippen LogP contribution in [-0.2, 0) is 19.6 Å². The maximum atomic E-state index is 12.7. The van der Waals surface area contributed by atoms with Gasteiger partial charge in [0.1, 0.15) is 11.3 Å². The van der Waals surface area contributed by atoms with Crippen LogP contribution < -0.4 is 10.2 Å². The van der Waals surface area contributed by atoms with Crippen LogP contribution in [0.4, 0.5) is 11.4 Å². The first kappa shape index (κ1) is 22.6. The smallest absolute Gasteiger partial charge is 0.342 e. The summed E-state index contributed by atoms with van der Waals surface area (Å²) in [5, 5.41) is 12.6. The van der Waals surface area contributed by atoms with Gasteiger partial charge in [-0.2, -0.15) is 4.31 Å². The van der Waals surface area contributed by atoms with Crippen LogP contribution in [0.15, 0.2) is 47.4 Å². The number of aromatic hydroxyl groups is 1. The van der Waals surface area contributed by atoms with Gasteiger partial charge in [-0.25, -0.2) is 13.2 Å². The molecule has 0 spiro atoms. The van der Waals surface area contributed by atoms with E-state index in [2.05, 4.69) is 5.32 Å². The molecule has 0 atom stereocenters. The number of sulfonamides is 1. The first-order valence-corrected chi connectivity index (χ1v) is 11.2. The van der Waals surface area contributed by atoms with Crippen molar-refractivity contribution < 1.29 is 27.9 Å². The number of hydrogen-bond acceptors (Lipinski definition) is 7. The van der Waals surface area contributed by atoms with Crippen LogP contribution in [0.5, 0.6) is 5.75 Å². The van der Waals surface area contributed by atoms with Crippen LogP contribution >= 0.6 is 0 Å². The second kappa shape index (κ2) is 9.36. The molecule has 0 saturated carbocycles. The second-order valence-electron chi connectivity index (χ2n) is 7.36. The molecular weight excluding hydrogens is 422 g/mol. The van der Waals surface area contributed by atoms with Gasteiger partial charge in [-0.1, -0.05) is 0 Å². The molecule has 1 heterocycles. The number of nitrogens with one attached hydrogen (secondary N) is 1. The Bertz CT molecular complexity index is 1060. The van der Waals surface area contributed by atoms with Crippen LogP contribution in [0.2, 0.25) is 0 Å². The Labute approximate surface area is 181 Å². The zero-order chi connectivity index (χ0) is 22.6. The number of phenols is 1. The number of rotatable bonds is 7. The minimum absolute atomic E-state index is 0.107. The number of carbonyl (C=O) groups excluding carboxylic acids is 2. The molecule has 2 aromatic rings. The SMILES string of the molecule is CN(C)c1ccc(NC(=O)COC(=O)c2cc(S(=O)(=O)N3CCCC3)ccc2O)cc1. The summed E-state index contributed by atoms with van der Waals surface area (Å²) in [7, 11) is 0.0318. The number of nitrogens with zero attached hydrogens (tertiary/aromatic N) is 2. The third-order valence-electron chi connectivity index (χ3n) is 4.89. The highest BCUT2D eigenvalue weighted by Crippen LogP contribution is 2.26. The maximum Gasteiger partial charge on any atom is 0.342 e. The molecule has 10 heteroatoms. The summed E-state index contributed by atoms with van der Waals surface area (Å²) in [6.07, 6.45) is 1.55. The molecule has 1 aliphatic rings. The molecule has 2 N–H and O–H groups in total. The molecule has 0 aliphatic carbocycles. The number of amides is 1. The molecule has 166 valence electrons. The van der Waals surface area contributed by atoms with Crippen molar-refractivity contribution in [3.05, 3.63) is 48.0 Å². The number of esters is 1. The van der Waals surface area contributed by atoms with E-state index in [1.54, 1.807) is 12.1 Å². The third-order valence-corrected chi connectivity index (χ3v) is 6.79. The molecule has 2 aromatic carbocycles. The van der Waals surface area contributed by atoms with Gasteiger partial charge in [-0.05, 0) is 55.3 Å². The van der Waals surface area contributed by atoms with E-state index in [4.69, 9.17) is 4.74 Å². The van der Waals surface area contributed by atoms with Gasteiger partial charge in [-0.15, -0.1) is 0 Å². The molecule has 1 fully saturated rings. The summed E-state index contributed by atoms with van der Waals surface area (Å²) in [6.45, 7) is 0.244. The summed E-state index contributed by atoms with van der Waals surface area (Å²) in [4.78, 5) is 26.3. The van der Waals surface area contributed by atoms with Crippen LogP contribution in [-0.4, -0.2) is 63.5 Å². The fourth-order valence-corrected chi connectivity index (χ4v) is 4.71. The summed E-state index contributed by atoms with van der Waals surface area (Å²) < 4.78 is 31.7. The van der Waals surface area contributed by atoms with Gasteiger partial charge >= 0.3 is 5.97 Å². The molecular formula is C21H25N3O6S. The Hall–Kier alpha value is -3.11. The summed E-state index contributed by atoms with van der Waals surface area (Å²) >= 11 is 0. The van der Waals surface area contributed by atoms with Gasteiger partial charge in [0.25, 0.3) is 5.91 Å². The van der Waals surface area contributed by atoms with E-state index in [1.165, 1.54) is 10.4 Å². The summed E-state index contributed by atoms with van der Waals surface area (Å²) in [5.74, 6) is -1.98. The van der Waals surface area contributed by atoms with Crippen molar-refractivity contribution in [2.24, 2.45) is 0 Å². The number of anilines is 2. The lowest BCUT2D eigenvalue weighted by atomic mass is 10.2. The lowest BCUT2D eigenvalue weighted by molar-refractivity contribution is -0.119. The van der Waals surface area contributed by atoms with Crippen molar-refractivity contribution in [3.63, 3.8) is 0 Å². The number of hydrogen-bond donors (Lipinski definition) is 2. The predicted molar refractivity (Wildman–Crippen MR) is 116 cm³/mol. The molecule has 1 aliphatic heterocycles. The molecule has 0 aromatic heterocycles. The van der Waals surface area contributed by atoms with E-state index >= 15 is 0 Å². The van der Waals surface area contributed by atoms with Crippen LogP contribution in [0.3, 0.4) is 0 Å². The summed E-state index contributed by atoms with van der Waals surface area (Å²) in [6, 6.07) is 10.5. The Kier molecular flexibility index (Phi) is 6.81. The fraction of sp³-hybridized carbons (Fsp3) is 0.333. The van der Waals surface area contributed by atoms with Gasteiger partial charge in [0, 0.05) is 38.6 Å². The molecule has 0 unspecified atom stereocenters. The minimum Gasteiger partial charge on any atom is -0.507 e. The monoisotopic (exact) mass is 447 g/mol. The zero-order valence-electron chi connectivity index (χ0n) is 17.4. The van der Waals surface area contributed by atoms with Gasteiger partial charge in [-0.3, -0.25) is 4.79 Å². The summed E-state index contributed by atoms with van der Waals surface area (Å²) in [5.41, 5.74) is 1.18. The van der Waals surface area contributed by atoms with E-state index < -0.39 is 34.3 Å². The number of benzene rings is 2. The average Bonchev–Trinajstić information content (AvgIpc) is 3.28. The van der Waals surface area contributed by atoms with E-state index in [9.17, 15) is 23.1 Å². The third kappa shape index (κ3) is 5.33. The van der Waals surface area contributed by atoms with Crippen molar-refractivity contribution in [3.8, 4) is 5.75 Å². The molecule has 31 heavy (non-hydrogen) atoms. The molecule has 1 saturated heterocycles. The van der Waals surface area contributed by atoms with Crippen molar-refractivity contribution in [2.45, 2.75) is 17.7 Å². The standard InChI is InChI=1S/C21H25N3O6S/c1-23(2)16-7-5-15(6-8-16)22-20(26)14-30-21(27)18-13-17(9-10-19(18)25)31(28,29)24-11-3-4-12-24/h5-10,13,25H,3-4,11-12,14H2,1-2H3,(H,22,26). The first-order chi connectivity index (χ1) is 14.7. The first-order valence-electron chi connectivity index (χ1n) is 9.76. The topological polar surface area (TPSA) is 116 Å². The Morgan fingerprint density at radius 3 is 2.35 bits per heavy atom. The van der Waals surface area contributed by atoms with Gasteiger partial charge in [0.2, 0.25) is 10.0 Å². The highest BCUT2D eigenvalue weighted by atomic mass is 32.2. The normalized spacial score (nSPS) is 14.3. The minimum atomic E-state index is -3.76. The van der Waals surface area contributed by atoms with Crippen molar-refractivity contribution in [1.82, 2.24) is 4.31 Å². The van der Waals surface area contributed by atoms with Gasteiger partial charge in [0.05, 0.1) is 4.90 Å². The molecule has 1 amide bonds. The Balaban J connectivity index is 1.64. The van der Waals surface area contributed by atoms with Crippen molar-refractivity contribution in [2.75, 3.05) is 44.0 Å². The predicted octanol–water partition coefficient (Wildman–Crippen LogP) is 2.04. The van der Waals surface area contributed by atoms with Crippen LogP contribution in [0, 0.1) is 0 Å². The van der Waals surface area contributed by atoms with E-state index in [1.807, 2.05) is 31.1 Å².